The summed E-state index contributed by atoms with van der Waals surface area (Å²) in [5, 5.41) is 3.47. The maximum atomic E-state index is 5.27. The molecule has 1 atom stereocenters. The van der Waals surface area contributed by atoms with Gasteiger partial charge in [-0.2, -0.15) is 0 Å². The lowest BCUT2D eigenvalue weighted by atomic mass is 10.1. The monoisotopic (exact) mass is 245 g/mol. The second-order valence-electron chi connectivity index (χ2n) is 4.25. The number of imidazole rings is 1. The molecule has 2 rings (SSSR count). The zero-order valence-corrected chi connectivity index (χ0v) is 10.8. The summed E-state index contributed by atoms with van der Waals surface area (Å²) in [6, 6.07) is 10.5. The van der Waals surface area contributed by atoms with Crippen molar-refractivity contribution in [2.45, 2.75) is 12.6 Å². The quantitative estimate of drug-likeness (QED) is 0.845. The first-order valence-electron chi connectivity index (χ1n) is 6.04. The molecular weight excluding hydrogens is 226 g/mol. The molecule has 4 nitrogen and oxygen atoms in total. The average molecular weight is 245 g/mol. The van der Waals surface area contributed by atoms with Crippen LogP contribution in [-0.2, 0) is 18.3 Å². The average Bonchev–Trinajstić information content (AvgIpc) is 2.81. The fourth-order valence-electron chi connectivity index (χ4n) is 1.91. The van der Waals surface area contributed by atoms with Gasteiger partial charge in [0.1, 0.15) is 5.82 Å². The van der Waals surface area contributed by atoms with Gasteiger partial charge >= 0.3 is 0 Å². The molecule has 96 valence electrons. The molecule has 0 spiro atoms. The standard InChI is InChI=1S/C14H19N3O/c1-17-9-8-15-14(17)10-16-13(11-18-2)12-6-4-3-5-7-12/h3-9,13,16H,10-11H2,1-2H3. The Kier molecular flexibility index (Phi) is 4.50. The predicted molar refractivity (Wildman–Crippen MR) is 71.1 cm³/mol. The molecule has 0 aliphatic rings. The molecule has 0 fully saturated rings. The van der Waals surface area contributed by atoms with Gasteiger partial charge in [-0.25, -0.2) is 4.98 Å². The molecule has 0 saturated heterocycles. The van der Waals surface area contributed by atoms with Crippen LogP contribution in [0, 0.1) is 0 Å². The van der Waals surface area contributed by atoms with Crippen LogP contribution in [0.1, 0.15) is 17.4 Å². The number of rotatable bonds is 6. The third kappa shape index (κ3) is 3.18. The molecule has 0 aliphatic carbocycles. The topological polar surface area (TPSA) is 39.1 Å². The first-order valence-corrected chi connectivity index (χ1v) is 6.04. The molecule has 1 unspecified atom stereocenters. The first kappa shape index (κ1) is 12.8. The van der Waals surface area contributed by atoms with Crippen LogP contribution in [0.4, 0.5) is 0 Å². The third-order valence-corrected chi connectivity index (χ3v) is 2.96. The summed E-state index contributed by atoms with van der Waals surface area (Å²) in [4.78, 5) is 4.30. The smallest absolute Gasteiger partial charge is 0.122 e. The highest BCUT2D eigenvalue weighted by molar-refractivity contribution is 5.19. The number of aryl methyl sites for hydroxylation is 1. The third-order valence-electron chi connectivity index (χ3n) is 2.96. The van der Waals surface area contributed by atoms with Crippen molar-refractivity contribution in [1.82, 2.24) is 14.9 Å². The number of hydrogen-bond acceptors (Lipinski definition) is 3. The number of aromatic nitrogens is 2. The van der Waals surface area contributed by atoms with Crippen LogP contribution >= 0.6 is 0 Å². The van der Waals surface area contributed by atoms with Crippen molar-refractivity contribution in [3.05, 3.63) is 54.1 Å². The second-order valence-corrected chi connectivity index (χ2v) is 4.25. The summed E-state index contributed by atoms with van der Waals surface area (Å²) in [7, 11) is 3.72. The van der Waals surface area contributed by atoms with Crippen LogP contribution < -0.4 is 5.32 Å². The minimum absolute atomic E-state index is 0.188. The van der Waals surface area contributed by atoms with E-state index in [2.05, 4.69) is 22.4 Å². The number of benzene rings is 1. The molecule has 1 aromatic heterocycles. The minimum Gasteiger partial charge on any atom is -0.383 e. The summed E-state index contributed by atoms with van der Waals surface area (Å²) in [5.41, 5.74) is 1.23. The highest BCUT2D eigenvalue weighted by Gasteiger charge is 2.11. The molecule has 4 heteroatoms. The highest BCUT2D eigenvalue weighted by Crippen LogP contribution is 2.13. The Morgan fingerprint density at radius 3 is 2.72 bits per heavy atom. The number of methoxy groups -OCH3 is 1. The molecule has 0 aliphatic heterocycles. The maximum Gasteiger partial charge on any atom is 0.122 e. The van der Waals surface area contributed by atoms with Crippen molar-refractivity contribution in [3.63, 3.8) is 0 Å². The number of nitrogens with one attached hydrogen (secondary N) is 1. The van der Waals surface area contributed by atoms with E-state index in [9.17, 15) is 0 Å². The SMILES string of the molecule is COCC(NCc1nccn1C)c1ccccc1. The molecule has 0 radical (unpaired) electrons. The second kappa shape index (κ2) is 6.33. The van der Waals surface area contributed by atoms with Crippen molar-refractivity contribution < 1.29 is 4.74 Å². The van der Waals surface area contributed by atoms with Gasteiger partial charge in [-0.15, -0.1) is 0 Å². The van der Waals surface area contributed by atoms with Crippen molar-refractivity contribution in [2.75, 3.05) is 13.7 Å². The van der Waals surface area contributed by atoms with Crippen LogP contribution in [0.25, 0.3) is 0 Å². The van der Waals surface area contributed by atoms with E-state index in [-0.39, 0.29) is 6.04 Å². The van der Waals surface area contributed by atoms with E-state index in [1.54, 1.807) is 7.11 Å². The first-order chi connectivity index (χ1) is 8.81. The summed E-state index contributed by atoms with van der Waals surface area (Å²) < 4.78 is 7.28. The summed E-state index contributed by atoms with van der Waals surface area (Å²) in [6.07, 6.45) is 3.76. The van der Waals surface area contributed by atoms with Crippen LogP contribution in [0.5, 0.6) is 0 Å². The Balaban J connectivity index is 2.01. The lowest BCUT2D eigenvalue weighted by molar-refractivity contribution is 0.165. The molecule has 1 N–H and O–H groups in total. The van der Waals surface area contributed by atoms with Crippen LogP contribution in [0.15, 0.2) is 42.7 Å². The van der Waals surface area contributed by atoms with Gasteiger partial charge in [-0.05, 0) is 5.56 Å². The van der Waals surface area contributed by atoms with E-state index in [0.717, 1.165) is 12.4 Å². The zero-order chi connectivity index (χ0) is 12.8. The molecule has 1 aromatic carbocycles. The highest BCUT2D eigenvalue weighted by atomic mass is 16.5. The van der Waals surface area contributed by atoms with Gasteiger partial charge in [0.2, 0.25) is 0 Å². The van der Waals surface area contributed by atoms with E-state index in [1.807, 2.05) is 42.2 Å². The Labute approximate surface area is 108 Å². The molecule has 0 saturated carbocycles. The summed E-state index contributed by atoms with van der Waals surface area (Å²) in [5.74, 6) is 1.02. The van der Waals surface area contributed by atoms with Gasteiger partial charge in [-0.3, -0.25) is 0 Å². The van der Waals surface area contributed by atoms with Crippen molar-refractivity contribution in [3.8, 4) is 0 Å². The van der Waals surface area contributed by atoms with Crippen molar-refractivity contribution in [2.24, 2.45) is 7.05 Å². The van der Waals surface area contributed by atoms with E-state index >= 15 is 0 Å². The fraction of sp³-hybridized carbons (Fsp3) is 0.357. The maximum absolute atomic E-state index is 5.27. The van der Waals surface area contributed by atoms with Crippen LogP contribution in [0.2, 0.25) is 0 Å². The van der Waals surface area contributed by atoms with Gasteiger partial charge in [0.05, 0.1) is 19.2 Å². The Hall–Kier alpha value is -1.65. The molecule has 2 aromatic rings. The van der Waals surface area contributed by atoms with Crippen molar-refractivity contribution in [1.29, 1.82) is 0 Å². The summed E-state index contributed by atoms with van der Waals surface area (Å²) in [6.45, 7) is 1.38. The minimum atomic E-state index is 0.188. The number of ether oxygens (including phenoxy) is 1. The van der Waals surface area contributed by atoms with Gasteiger partial charge in [0, 0.05) is 26.6 Å². The van der Waals surface area contributed by atoms with E-state index in [0.29, 0.717) is 6.61 Å². The van der Waals surface area contributed by atoms with Gasteiger partial charge < -0.3 is 14.6 Å². The zero-order valence-electron chi connectivity index (χ0n) is 10.8. The summed E-state index contributed by atoms with van der Waals surface area (Å²) >= 11 is 0. The van der Waals surface area contributed by atoms with Gasteiger partial charge in [-0.1, -0.05) is 30.3 Å². The van der Waals surface area contributed by atoms with E-state index in [4.69, 9.17) is 4.74 Å². The molecule has 18 heavy (non-hydrogen) atoms. The molecule has 0 amide bonds. The lowest BCUT2D eigenvalue weighted by Gasteiger charge is -2.18. The van der Waals surface area contributed by atoms with E-state index in [1.165, 1.54) is 5.56 Å². The van der Waals surface area contributed by atoms with Crippen LogP contribution in [-0.4, -0.2) is 23.3 Å². The Morgan fingerprint density at radius 1 is 1.33 bits per heavy atom. The molecular formula is C14H19N3O. The fourth-order valence-corrected chi connectivity index (χ4v) is 1.91. The van der Waals surface area contributed by atoms with Gasteiger partial charge in [0.25, 0.3) is 0 Å². The lowest BCUT2D eigenvalue weighted by Crippen LogP contribution is -2.26. The van der Waals surface area contributed by atoms with Crippen LogP contribution in [0.3, 0.4) is 0 Å². The number of nitrogens with zero attached hydrogens (tertiary/aromatic N) is 2. The Bertz CT molecular complexity index is 467. The predicted octanol–water partition coefficient (Wildman–Crippen LogP) is 1.90. The molecule has 0 bridgehead atoms. The Morgan fingerprint density at radius 2 is 2.11 bits per heavy atom. The van der Waals surface area contributed by atoms with E-state index < -0.39 is 0 Å². The van der Waals surface area contributed by atoms with Gasteiger partial charge in [0.15, 0.2) is 0 Å². The molecule has 1 heterocycles. The van der Waals surface area contributed by atoms with Crippen molar-refractivity contribution >= 4 is 0 Å². The number of hydrogen-bond donors (Lipinski definition) is 1. The normalized spacial score (nSPS) is 12.6. The largest absolute Gasteiger partial charge is 0.383 e.